The Bertz CT molecular complexity index is 204. The van der Waals surface area contributed by atoms with Gasteiger partial charge in [0.15, 0.2) is 0 Å². The number of carbonyl (C=O) groups excluding carboxylic acids is 1. The first-order chi connectivity index (χ1) is 7.16. The molecule has 1 aliphatic heterocycles. The van der Waals surface area contributed by atoms with E-state index in [1.54, 1.807) is 0 Å². The van der Waals surface area contributed by atoms with E-state index in [1.165, 1.54) is 0 Å². The number of rotatable bonds is 5. The highest BCUT2D eigenvalue weighted by Crippen LogP contribution is 2.19. The standard InChI is InChI=1S/C12H24N2O/c1-4-5-8-13-12(15)11-7-6-9-14(11)10(2)3/h10-11H,4-9H2,1-3H3,(H,13,15). The molecule has 0 aromatic carbocycles. The molecule has 3 heteroatoms. The van der Waals surface area contributed by atoms with Crippen LogP contribution in [0.15, 0.2) is 0 Å². The molecule has 3 nitrogen and oxygen atoms in total. The van der Waals surface area contributed by atoms with Crippen LogP contribution in [0.5, 0.6) is 0 Å². The van der Waals surface area contributed by atoms with E-state index in [4.69, 9.17) is 0 Å². The summed E-state index contributed by atoms with van der Waals surface area (Å²) in [5.41, 5.74) is 0. The molecule has 1 fully saturated rings. The van der Waals surface area contributed by atoms with Crippen LogP contribution < -0.4 is 5.32 Å². The zero-order valence-corrected chi connectivity index (χ0v) is 10.3. The Morgan fingerprint density at radius 3 is 2.87 bits per heavy atom. The Labute approximate surface area is 93.2 Å². The minimum Gasteiger partial charge on any atom is -0.355 e. The fourth-order valence-electron chi connectivity index (χ4n) is 2.19. The zero-order valence-electron chi connectivity index (χ0n) is 10.3. The lowest BCUT2D eigenvalue weighted by Gasteiger charge is -2.27. The molecule has 1 amide bonds. The lowest BCUT2D eigenvalue weighted by molar-refractivity contribution is -0.126. The van der Waals surface area contributed by atoms with Crippen molar-refractivity contribution in [1.29, 1.82) is 0 Å². The number of likely N-dealkylation sites (tertiary alicyclic amines) is 1. The van der Waals surface area contributed by atoms with Gasteiger partial charge in [0.05, 0.1) is 6.04 Å². The summed E-state index contributed by atoms with van der Waals surface area (Å²) < 4.78 is 0. The first kappa shape index (κ1) is 12.5. The van der Waals surface area contributed by atoms with Crippen LogP contribution in [0.3, 0.4) is 0 Å². The highest BCUT2D eigenvalue weighted by atomic mass is 16.2. The molecular weight excluding hydrogens is 188 g/mol. The van der Waals surface area contributed by atoms with E-state index in [9.17, 15) is 4.79 Å². The number of hydrogen-bond donors (Lipinski definition) is 1. The Kier molecular flexibility index (Phi) is 5.09. The molecular formula is C12H24N2O. The highest BCUT2D eigenvalue weighted by Gasteiger charge is 2.31. The first-order valence-electron chi connectivity index (χ1n) is 6.20. The van der Waals surface area contributed by atoms with E-state index in [0.717, 1.165) is 38.8 Å². The van der Waals surface area contributed by atoms with Crippen LogP contribution in [0.2, 0.25) is 0 Å². The van der Waals surface area contributed by atoms with Crippen molar-refractivity contribution in [3.63, 3.8) is 0 Å². The number of amides is 1. The maximum atomic E-state index is 11.9. The Balaban J connectivity index is 2.37. The van der Waals surface area contributed by atoms with Crippen molar-refractivity contribution in [2.75, 3.05) is 13.1 Å². The van der Waals surface area contributed by atoms with Gasteiger partial charge in [0.2, 0.25) is 5.91 Å². The minimum absolute atomic E-state index is 0.127. The average molecular weight is 212 g/mol. The molecule has 1 aliphatic rings. The van der Waals surface area contributed by atoms with Crippen molar-refractivity contribution in [2.45, 2.75) is 58.5 Å². The number of hydrogen-bond acceptors (Lipinski definition) is 2. The molecule has 15 heavy (non-hydrogen) atoms. The molecule has 1 N–H and O–H groups in total. The summed E-state index contributed by atoms with van der Waals surface area (Å²) in [6.45, 7) is 8.37. The van der Waals surface area contributed by atoms with Crippen LogP contribution in [0.4, 0.5) is 0 Å². The first-order valence-corrected chi connectivity index (χ1v) is 6.20. The molecule has 1 saturated heterocycles. The topological polar surface area (TPSA) is 32.3 Å². The third-order valence-electron chi connectivity index (χ3n) is 3.09. The van der Waals surface area contributed by atoms with Crippen LogP contribution >= 0.6 is 0 Å². The van der Waals surface area contributed by atoms with Gasteiger partial charge in [-0.3, -0.25) is 9.69 Å². The average Bonchev–Trinajstić information content (AvgIpc) is 2.66. The molecule has 0 radical (unpaired) electrons. The fraction of sp³-hybridized carbons (Fsp3) is 0.917. The van der Waals surface area contributed by atoms with Gasteiger partial charge in [-0.05, 0) is 39.7 Å². The molecule has 0 saturated carbocycles. The lowest BCUT2D eigenvalue weighted by Crippen LogP contribution is -2.46. The predicted molar refractivity (Wildman–Crippen MR) is 62.8 cm³/mol. The quantitative estimate of drug-likeness (QED) is 0.704. The Hall–Kier alpha value is -0.570. The van der Waals surface area contributed by atoms with E-state index in [1.807, 2.05) is 0 Å². The molecule has 1 rings (SSSR count). The maximum Gasteiger partial charge on any atom is 0.237 e. The van der Waals surface area contributed by atoms with Crippen LogP contribution in [0.1, 0.15) is 46.5 Å². The van der Waals surface area contributed by atoms with Gasteiger partial charge in [-0.2, -0.15) is 0 Å². The summed E-state index contributed by atoms with van der Waals surface area (Å²) in [5, 5.41) is 3.03. The molecule has 0 aliphatic carbocycles. The molecule has 1 atom stereocenters. The molecule has 88 valence electrons. The predicted octanol–water partition coefficient (Wildman–Crippen LogP) is 1.78. The summed E-state index contributed by atoms with van der Waals surface area (Å²) in [6, 6.07) is 0.608. The van der Waals surface area contributed by atoms with Crippen LogP contribution in [0.25, 0.3) is 0 Å². The summed E-state index contributed by atoms with van der Waals surface area (Å²) in [4.78, 5) is 14.2. The number of nitrogens with one attached hydrogen (secondary N) is 1. The minimum atomic E-state index is 0.127. The van der Waals surface area contributed by atoms with E-state index in [2.05, 4.69) is 31.0 Å². The second-order valence-electron chi connectivity index (χ2n) is 4.63. The van der Waals surface area contributed by atoms with E-state index < -0.39 is 0 Å². The van der Waals surface area contributed by atoms with Crippen LogP contribution in [-0.2, 0) is 4.79 Å². The SMILES string of the molecule is CCCCNC(=O)C1CCCN1C(C)C. The normalized spacial score (nSPS) is 22.3. The number of unbranched alkanes of at least 4 members (excludes halogenated alkanes) is 1. The molecule has 0 bridgehead atoms. The van der Waals surface area contributed by atoms with Crippen molar-refractivity contribution in [3.8, 4) is 0 Å². The van der Waals surface area contributed by atoms with E-state index in [-0.39, 0.29) is 11.9 Å². The molecule has 1 unspecified atom stereocenters. The van der Waals surface area contributed by atoms with E-state index in [0.29, 0.717) is 6.04 Å². The van der Waals surface area contributed by atoms with Gasteiger partial charge >= 0.3 is 0 Å². The van der Waals surface area contributed by atoms with Gasteiger partial charge in [-0.15, -0.1) is 0 Å². The van der Waals surface area contributed by atoms with Crippen molar-refractivity contribution in [1.82, 2.24) is 10.2 Å². The van der Waals surface area contributed by atoms with Crippen molar-refractivity contribution >= 4 is 5.91 Å². The smallest absolute Gasteiger partial charge is 0.237 e. The molecule has 0 spiro atoms. The second kappa shape index (κ2) is 6.11. The van der Waals surface area contributed by atoms with Gasteiger partial charge in [-0.1, -0.05) is 13.3 Å². The number of nitrogens with zero attached hydrogens (tertiary/aromatic N) is 1. The zero-order chi connectivity index (χ0) is 11.3. The molecule has 0 aromatic rings. The lowest BCUT2D eigenvalue weighted by atomic mass is 10.2. The van der Waals surface area contributed by atoms with Gasteiger partial charge in [0.1, 0.15) is 0 Å². The van der Waals surface area contributed by atoms with Crippen LogP contribution in [0, 0.1) is 0 Å². The van der Waals surface area contributed by atoms with E-state index >= 15 is 0 Å². The van der Waals surface area contributed by atoms with Crippen molar-refractivity contribution in [2.24, 2.45) is 0 Å². The van der Waals surface area contributed by atoms with Crippen molar-refractivity contribution in [3.05, 3.63) is 0 Å². The maximum absolute atomic E-state index is 11.9. The van der Waals surface area contributed by atoms with Gasteiger partial charge in [0, 0.05) is 12.6 Å². The summed E-state index contributed by atoms with van der Waals surface area (Å²) in [5.74, 6) is 0.231. The fourth-order valence-corrected chi connectivity index (χ4v) is 2.19. The van der Waals surface area contributed by atoms with Gasteiger partial charge < -0.3 is 5.32 Å². The number of carbonyl (C=O) groups is 1. The van der Waals surface area contributed by atoms with Crippen LogP contribution in [-0.4, -0.2) is 36.0 Å². The van der Waals surface area contributed by atoms with Crippen molar-refractivity contribution < 1.29 is 4.79 Å². The monoisotopic (exact) mass is 212 g/mol. The summed E-state index contributed by atoms with van der Waals surface area (Å²) >= 11 is 0. The molecule has 0 aromatic heterocycles. The third kappa shape index (κ3) is 3.49. The Morgan fingerprint density at radius 1 is 1.53 bits per heavy atom. The highest BCUT2D eigenvalue weighted by molar-refractivity contribution is 5.82. The second-order valence-corrected chi connectivity index (χ2v) is 4.63. The third-order valence-corrected chi connectivity index (χ3v) is 3.09. The van der Waals surface area contributed by atoms with Gasteiger partial charge in [0.25, 0.3) is 0 Å². The molecule has 1 heterocycles. The summed E-state index contributed by atoms with van der Waals surface area (Å²) in [6.07, 6.45) is 4.40. The Morgan fingerprint density at radius 2 is 2.27 bits per heavy atom. The van der Waals surface area contributed by atoms with Gasteiger partial charge in [-0.25, -0.2) is 0 Å². The summed E-state index contributed by atoms with van der Waals surface area (Å²) in [7, 11) is 0. The largest absolute Gasteiger partial charge is 0.355 e.